The molecular weight excluding hydrogens is 392 g/mol. The molecule has 2 nitrogen and oxygen atoms in total. The van der Waals surface area contributed by atoms with Crippen LogP contribution in [0.2, 0.25) is 0 Å². The lowest BCUT2D eigenvalue weighted by atomic mass is 9.43. The lowest BCUT2D eigenvalue weighted by Gasteiger charge is -2.62. The maximum absolute atomic E-state index is 11.1. The minimum Gasteiger partial charge on any atom is -0.393 e. The molecule has 0 aromatic carbocycles. The third-order valence-electron chi connectivity index (χ3n) is 12.0. The van der Waals surface area contributed by atoms with Crippen molar-refractivity contribution in [3.8, 4) is 0 Å². The van der Waals surface area contributed by atoms with E-state index in [1.165, 1.54) is 44.9 Å². The van der Waals surface area contributed by atoms with Gasteiger partial charge in [-0.05, 0) is 129 Å². The van der Waals surface area contributed by atoms with Crippen LogP contribution in [0.4, 0.5) is 0 Å². The Bertz CT molecular complexity index is 666. The van der Waals surface area contributed by atoms with E-state index >= 15 is 0 Å². The monoisotopic (exact) mass is 446 g/mol. The largest absolute Gasteiger partial charge is 0.393 e. The lowest BCUT2D eigenvalue weighted by molar-refractivity contribution is -0.154. The van der Waals surface area contributed by atoms with Gasteiger partial charge in [0.1, 0.15) is 0 Å². The molecule has 32 heavy (non-hydrogen) atoms. The van der Waals surface area contributed by atoms with E-state index in [9.17, 15) is 10.2 Å². The Kier molecular flexibility index (Phi) is 6.68. The average molecular weight is 447 g/mol. The molecule has 4 rings (SSSR count). The number of hydrogen-bond donors (Lipinski definition) is 2. The smallest absolute Gasteiger partial charge is 0.0648 e. The summed E-state index contributed by atoms with van der Waals surface area (Å²) < 4.78 is 0. The summed E-state index contributed by atoms with van der Waals surface area (Å²) in [5.41, 5.74) is 0.781. The van der Waals surface area contributed by atoms with E-state index in [0.717, 1.165) is 55.8 Å². The molecule has 4 aliphatic carbocycles. The Morgan fingerprint density at radius 3 is 2.25 bits per heavy atom. The van der Waals surface area contributed by atoms with Gasteiger partial charge in [0.2, 0.25) is 0 Å². The van der Waals surface area contributed by atoms with Crippen LogP contribution in [0.25, 0.3) is 0 Å². The minimum atomic E-state index is -0.392. The second-order valence-electron chi connectivity index (χ2n) is 14.7. The molecule has 10 atom stereocenters. The van der Waals surface area contributed by atoms with Gasteiger partial charge in [-0.15, -0.1) is 0 Å². The summed E-state index contributed by atoms with van der Waals surface area (Å²) in [4.78, 5) is 0. The third-order valence-corrected chi connectivity index (χ3v) is 12.0. The molecule has 0 heterocycles. The minimum absolute atomic E-state index is 0.147. The normalized spacial score (nSPS) is 48.5. The van der Waals surface area contributed by atoms with Gasteiger partial charge in [0.05, 0.1) is 11.7 Å². The van der Waals surface area contributed by atoms with Gasteiger partial charge >= 0.3 is 0 Å². The van der Waals surface area contributed by atoms with Crippen molar-refractivity contribution in [1.82, 2.24) is 0 Å². The van der Waals surface area contributed by atoms with Gasteiger partial charge in [-0.25, -0.2) is 0 Å². The van der Waals surface area contributed by atoms with Gasteiger partial charge in [-0.3, -0.25) is 0 Å². The molecule has 0 aromatic heterocycles. The van der Waals surface area contributed by atoms with Gasteiger partial charge in [0.25, 0.3) is 0 Å². The molecule has 186 valence electrons. The summed E-state index contributed by atoms with van der Waals surface area (Å²) in [6, 6.07) is 0. The summed E-state index contributed by atoms with van der Waals surface area (Å²) in [6.07, 6.45) is 14.3. The Labute approximate surface area is 199 Å². The predicted octanol–water partition coefficient (Wildman–Crippen LogP) is 7.61. The maximum Gasteiger partial charge on any atom is 0.0648 e. The number of aliphatic hydroxyl groups is 2. The molecule has 0 spiro atoms. The molecule has 0 amide bonds. The van der Waals surface area contributed by atoms with Crippen LogP contribution in [0.1, 0.15) is 126 Å². The van der Waals surface area contributed by atoms with Crippen molar-refractivity contribution in [2.24, 2.45) is 51.8 Å². The van der Waals surface area contributed by atoms with Crippen LogP contribution < -0.4 is 0 Å². The van der Waals surface area contributed by atoms with Crippen LogP contribution in [-0.2, 0) is 0 Å². The maximum atomic E-state index is 11.1. The fourth-order valence-electron chi connectivity index (χ4n) is 9.66. The van der Waals surface area contributed by atoms with E-state index in [0.29, 0.717) is 28.1 Å². The first kappa shape index (κ1) is 25.0. The molecule has 0 bridgehead atoms. The zero-order valence-corrected chi connectivity index (χ0v) is 22.4. The molecule has 0 aromatic rings. The Balaban J connectivity index is 1.47. The Morgan fingerprint density at radius 2 is 1.59 bits per heavy atom. The summed E-state index contributed by atoms with van der Waals surface area (Å²) in [5, 5.41) is 22.2. The lowest BCUT2D eigenvalue weighted by Crippen LogP contribution is -2.56. The first-order chi connectivity index (χ1) is 14.8. The summed E-state index contributed by atoms with van der Waals surface area (Å²) in [6.45, 7) is 16.6. The van der Waals surface area contributed by atoms with E-state index in [4.69, 9.17) is 0 Å². The highest BCUT2D eigenvalue weighted by Gasteiger charge is 2.61. The standard InChI is InChI=1S/C30H54O2/c1-8-30(32)18-17-28(6)21(19-30)9-10-22-24-12-11-23(29(24,7)16-13-25(22)28)20(2)26(31)14-15-27(3,4)5/h20-26,31-32H,8-19H2,1-7H3/t20-,21+,22?,23+,24-,25-,26+,28?,29+,30-/m0/s1. The highest BCUT2D eigenvalue weighted by atomic mass is 16.3. The molecule has 2 N–H and O–H groups in total. The Morgan fingerprint density at radius 1 is 0.906 bits per heavy atom. The fraction of sp³-hybridized carbons (Fsp3) is 1.00. The molecule has 2 unspecified atom stereocenters. The molecule has 0 radical (unpaired) electrons. The quantitative estimate of drug-likeness (QED) is 0.456. The average Bonchev–Trinajstić information content (AvgIpc) is 3.08. The van der Waals surface area contributed by atoms with Gasteiger partial charge in [-0.1, -0.05) is 48.5 Å². The van der Waals surface area contributed by atoms with E-state index in [1.54, 1.807) is 0 Å². The predicted molar refractivity (Wildman–Crippen MR) is 134 cm³/mol. The number of aliphatic hydroxyl groups excluding tert-OH is 1. The highest BCUT2D eigenvalue weighted by molar-refractivity contribution is 5.11. The van der Waals surface area contributed by atoms with Crippen molar-refractivity contribution in [1.29, 1.82) is 0 Å². The molecule has 4 fully saturated rings. The van der Waals surface area contributed by atoms with E-state index in [2.05, 4.69) is 48.5 Å². The topological polar surface area (TPSA) is 40.5 Å². The van der Waals surface area contributed by atoms with Gasteiger partial charge in [0.15, 0.2) is 0 Å². The van der Waals surface area contributed by atoms with Crippen molar-refractivity contribution < 1.29 is 10.2 Å². The van der Waals surface area contributed by atoms with Crippen molar-refractivity contribution >= 4 is 0 Å². The number of hydrogen-bond acceptors (Lipinski definition) is 2. The van der Waals surface area contributed by atoms with E-state index < -0.39 is 5.60 Å². The zero-order chi connectivity index (χ0) is 23.5. The second kappa shape index (κ2) is 8.54. The highest BCUT2D eigenvalue weighted by Crippen LogP contribution is 2.69. The summed E-state index contributed by atoms with van der Waals surface area (Å²) in [5.74, 6) is 4.43. The van der Waals surface area contributed by atoms with Crippen LogP contribution in [-0.4, -0.2) is 21.9 Å². The number of rotatable bonds is 5. The van der Waals surface area contributed by atoms with Crippen LogP contribution >= 0.6 is 0 Å². The summed E-state index contributed by atoms with van der Waals surface area (Å²) >= 11 is 0. The first-order valence-electron chi connectivity index (χ1n) is 14.2. The molecule has 4 saturated carbocycles. The van der Waals surface area contributed by atoms with Crippen LogP contribution in [0.5, 0.6) is 0 Å². The SMILES string of the molecule is CC[C@]1(O)CCC2(C)[C@H](CCC3[C@@H]2CC[C@]2(C)[C@@H]([C@H](C)[C@H](O)CCC(C)(C)C)CC[C@@H]32)C1. The van der Waals surface area contributed by atoms with Crippen molar-refractivity contribution in [3.05, 3.63) is 0 Å². The van der Waals surface area contributed by atoms with Crippen molar-refractivity contribution in [3.63, 3.8) is 0 Å². The van der Waals surface area contributed by atoms with Gasteiger partial charge in [0, 0.05) is 0 Å². The van der Waals surface area contributed by atoms with Crippen LogP contribution in [0.3, 0.4) is 0 Å². The second-order valence-corrected chi connectivity index (χ2v) is 14.7. The molecular formula is C30H54O2. The zero-order valence-electron chi connectivity index (χ0n) is 22.4. The van der Waals surface area contributed by atoms with E-state index in [-0.39, 0.29) is 6.10 Å². The Hall–Kier alpha value is -0.0800. The van der Waals surface area contributed by atoms with Crippen molar-refractivity contribution in [2.75, 3.05) is 0 Å². The first-order valence-corrected chi connectivity index (χ1v) is 14.2. The number of fused-ring (bicyclic) bond motifs is 5. The third kappa shape index (κ3) is 4.23. The molecule has 2 heteroatoms. The van der Waals surface area contributed by atoms with Crippen LogP contribution in [0.15, 0.2) is 0 Å². The van der Waals surface area contributed by atoms with Gasteiger partial charge in [-0.2, -0.15) is 0 Å². The molecule has 0 saturated heterocycles. The van der Waals surface area contributed by atoms with Gasteiger partial charge < -0.3 is 10.2 Å². The van der Waals surface area contributed by atoms with Crippen molar-refractivity contribution in [2.45, 2.75) is 137 Å². The fourth-order valence-corrected chi connectivity index (χ4v) is 9.66. The molecule has 4 aliphatic rings. The van der Waals surface area contributed by atoms with E-state index in [1.807, 2.05) is 0 Å². The molecule has 0 aliphatic heterocycles. The summed E-state index contributed by atoms with van der Waals surface area (Å²) in [7, 11) is 0. The van der Waals surface area contributed by atoms with Crippen LogP contribution in [0, 0.1) is 51.8 Å².